The number of rotatable bonds is 4. The fourth-order valence-electron chi connectivity index (χ4n) is 13.4. The van der Waals surface area contributed by atoms with E-state index in [9.17, 15) is 0 Å². The zero-order chi connectivity index (χ0) is 37.6. The third kappa shape index (κ3) is 4.20. The van der Waals surface area contributed by atoms with Crippen molar-refractivity contribution in [3.8, 4) is 33.4 Å². The summed E-state index contributed by atoms with van der Waals surface area (Å²) in [6, 6.07) is 62.7. The van der Waals surface area contributed by atoms with Crippen LogP contribution in [0.2, 0.25) is 0 Å². The van der Waals surface area contributed by atoms with E-state index in [1.54, 1.807) is 11.1 Å². The van der Waals surface area contributed by atoms with E-state index in [2.05, 4.69) is 183 Å². The summed E-state index contributed by atoms with van der Waals surface area (Å²) in [5, 5.41) is 5.08. The maximum atomic E-state index is 2.62. The maximum absolute atomic E-state index is 2.62. The molecule has 0 aliphatic heterocycles. The van der Waals surface area contributed by atoms with Gasteiger partial charge in [-0.2, -0.15) is 0 Å². The van der Waals surface area contributed by atoms with E-state index in [0.717, 1.165) is 23.7 Å². The van der Waals surface area contributed by atoms with Crippen molar-refractivity contribution in [1.82, 2.24) is 0 Å². The summed E-state index contributed by atoms with van der Waals surface area (Å²) in [6.07, 6.45) is 5.70. The lowest BCUT2D eigenvalue weighted by Crippen LogP contribution is -2.40. The molecule has 57 heavy (non-hydrogen) atoms. The van der Waals surface area contributed by atoms with Crippen molar-refractivity contribution in [1.29, 1.82) is 0 Å². The first kappa shape index (κ1) is 32.2. The highest BCUT2D eigenvalue weighted by Gasteiger charge is 2.65. The molecule has 1 nitrogen and oxygen atoms in total. The third-order valence-electron chi connectivity index (χ3n) is 15.6. The molecule has 4 bridgehead atoms. The summed E-state index contributed by atoms with van der Waals surface area (Å²) < 4.78 is 0. The van der Waals surface area contributed by atoms with Gasteiger partial charge in [0.1, 0.15) is 0 Å². The zero-order valence-corrected chi connectivity index (χ0v) is 32.7. The fraction of sp³-hybridized carbons (Fsp3) is 0.214. The number of anilines is 3. The molecule has 4 saturated carbocycles. The van der Waals surface area contributed by atoms with E-state index in [-0.39, 0.29) is 10.8 Å². The summed E-state index contributed by atoms with van der Waals surface area (Å²) in [5.41, 5.74) is 18.0. The largest absolute Gasteiger partial charge is 0.310 e. The minimum Gasteiger partial charge on any atom is -0.310 e. The van der Waals surface area contributed by atoms with Gasteiger partial charge in [-0.1, -0.05) is 141 Å². The van der Waals surface area contributed by atoms with Crippen LogP contribution < -0.4 is 4.90 Å². The van der Waals surface area contributed by atoms with Crippen LogP contribution in [0.5, 0.6) is 0 Å². The monoisotopic (exact) mass is 731 g/mol. The van der Waals surface area contributed by atoms with Gasteiger partial charge in [0.15, 0.2) is 0 Å². The molecule has 8 aromatic rings. The van der Waals surface area contributed by atoms with Crippen LogP contribution in [0.25, 0.3) is 54.9 Å². The lowest BCUT2D eigenvalue weighted by atomic mass is 9.59. The molecule has 0 amide bonds. The van der Waals surface area contributed by atoms with Crippen molar-refractivity contribution in [3.63, 3.8) is 0 Å². The highest BCUT2D eigenvalue weighted by molar-refractivity contribution is 6.14. The Morgan fingerprint density at radius 2 is 1.09 bits per heavy atom. The Kier molecular flexibility index (Phi) is 6.41. The van der Waals surface area contributed by atoms with Crippen molar-refractivity contribution in [2.45, 2.75) is 50.4 Å². The Balaban J connectivity index is 0.969. The molecule has 1 heteroatoms. The van der Waals surface area contributed by atoms with E-state index in [0.29, 0.717) is 0 Å². The van der Waals surface area contributed by atoms with Crippen LogP contribution in [0.1, 0.15) is 61.8 Å². The minimum absolute atomic E-state index is 0.0915. The number of nitrogens with zero attached hydrogens (tertiary/aromatic N) is 1. The summed E-state index contributed by atoms with van der Waals surface area (Å²) in [5.74, 6) is 3.41. The second-order valence-corrected chi connectivity index (χ2v) is 18.5. The van der Waals surface area contributed by atoms with E-state index in [1.807, 2.05) is 0 Å². The Morgan fingerprint density at radius 3 is 1.91 bits per heavy atom. The number of hydrogen-bond donors (Lipinski definition) is 0. The first-order valence-corrected chi connectivity index (χ1v) is 21.3. The molecule has 8 aromatic carbocycles. The Hall–Kier alpha value is -5.92. The lowest BCUT2D eigenvalue weighted by Gasteiger charge is -2.44. The molecule has 6 aliphatic carbocycles. The molecular formula is C56H45N. The van der Waals surface area contributed by atoms with Crippen molar-refractivity contribution in [2.24, 2.45) is 23.7 Å². The Labute approximate surface area is 335 Å². The molecule has 274 valence electrons. The lowest BCUT2D eigenvalue weighted by molar-refractivity contribution is 0.191. The van der Waals surface area contributed by atoms with Gasteiger partial charge in [0.2, 0.25) is 0 Å². The average molecular weight is 732 g/mol. The zero-order valence-electron chi connectivity index (χ0n) is 32.7. The molecule has 6 aliphatic rings. The quantitative estimate of drug-likeness (QED) is 0.163. The molecule has 4 fully saturated rings. The topological polar surface area (TPSA) is 3.24 Å². The predicted molar refractivity (Wildman–Crippen MR) is 238 cm³/mol. The molecule has 5 unspecified atom stereocenters. The Morgan fingerprint density at radius 1 is 0.456 bits per heavy atom. The highest BCUT2D eigenvalue weighted by atomic mass is 15.1. The SMILES string of the molecule is CC1(C)c2ccccc2-c2ccc(N(c3ccc(-c4ccc5c(c4)C4(c6ccccc6-5)C5CC6CC(C5)C4C6)cc3)c3cc4ccccc4c4ccccc34)cc21. The van der Waals surface area contributed by atoms with Crippen LogP contribution in [0.4, 0.5) is 17.1 Å². The first-order chi connectivity index (χ1) is 28.0. The van der Waals surface area contributed by atoms with Crippen LogP contribution >= 0.6 is 0 Å². The van der Waals surface area contributed by atoms with Gasteiger partial charge in [0.25, 0.3) is 0 Å². The van der Waals surface area contributed by atoms with E-state index >= 15 is 0 Å². The molecule has 0 saturated heterocycles. The third-order valence-corrected chi connectivity index (χ3v) is 15.6. The maximum Gasteiger partial charge on any atom is 0.0546 e. The van der Waals surface area contributed by atoms with Gasteiger partial charge in [0.05, 0.1) is 5.69 Å². The van der Waals surface area contributed by atoms with Gasteiger partial charge in [-0.3, -0.25) is 0 Å². The van der Waals surface area contributed by atoms with Crippen molar-refractivity contribution in [3.05, 3.63) is 186 Å². The molecule has 1 spiro atoms. The van der Waals surface area contributed by atoms with Gasteiger partial charge >= 0.3 is 0 Å². The average Bonchev–Trinajstić information content (AvgIpc) is 3.88. The highest BCUT2D eigenvalue weighted by Crippen LogP contribution is 2.73. The second-order valence-electron chi connectivity index (χ2n) is 18.5. The molecule has 0 aromatic heterocycles. The standard InChI is InChI=1S/C56H45N/c1-55(2)49-17-9-7-14-44(49)46-26-24-41(33-52(46)55)57(54-32-37-11-3-4-12-42(37)43-13-5-6-16-48(43)54)40-22-19-35(20-23-40)36-21-25-47-45-15-8-10-18-50(45)56(53(47)31-36)39-28-34-27-38(30-39)51(56)29-34/h3-26,31-34,38-39,51H,27-30H2,1-2H3. The summed E-state index contributed by atoms with van der Waals surface area (Å²) in [7, 11) is 0. The second kappa shape index (κ2) is 11.4. The van der Waals surface area contributed by atoms with Crippen LogP contribution in [0, 0.1) is 23.7 Å². The molecule has 14 rings (SSSR count). The van der Waals surface area contributed by atoms with E-state index in [4.69, 9.17) is 0 Å². The first-order valence-electron chi connectivity index (χ1n) is 21.3. The van der Waals surface area contributed by atoms with Gasteiger partial charge in [0, 0.05) is 27.6 Å². The van der Waals surface area contributed by atoms with Crippen LogP contribution in [-0.2, 0) is 10.8 Å². The van der Waals surface area contributed by atoms with Crippen molar-refractivity contribution in [2.75, 3.05) is 4.90 Å². The smallest absolute Gasteiger partial charge is 0.0546 e. The molecule has 0 N–H and O–H groups in total. The van der Waals surface area contributed by atoms with E-state index in [1.165, 1.54) is 109 Å². The summed E-state index contributed by atoms with van der Waals surface area (Å²) in [4.78, 5) is 2.51. The molecule has 0 radical (unpaired) electrons. The van der Waals surface area contributed by atoms with E-state index < -0.39 is 0 Å². The number of benzene rings is 8. The summed E-state index contributed by atoms with van der Waals surface area (Å²) in [6.45, 7) is 4.76. The predicted octanol–water partition coefficient (Wildman–Crippen LogP) is 14.8. The molecule has 0 heterocycles. The van der Waals surface area contributed by atoms with Gasteiger partial charge in [-0.25, -0.2) is 0 Å². The van der Waals surface area contributed by atoms with Crippen molar-refractivity contribution >= 4 is 38.6 Å². The van der Waals surface area contributed by atoms with Crippen molar-refractivity contribution < 1.29 is 0 Å². The number of hydrogen-bond acceptors (Lipinski definition) is 1. The van der Waals surface area contributed by atoms with Crippen LogP contribution in [-0.4, -0.2) is 0 Å². The molecular weight excluding hydrogens is 687 g/mol. The fourth-order valence-corrected chi connectivity index (χ4v) is 13.4. The normalized spacial score (nSPS) is 23.9. The number of fused-ring (bicyclic) bond motifs is 9. The van der Waals surface area contributed by atoms with Gasteiger partial charge < -0.3 is 4.90 Å². The Bertz CT molecular complexity index is 2980. The van der Waals surface area contributed by atoms with Crippen LogP contribution in [0.15, 0.2) is 164 Å². The van der Waals surface area contributed by atoms with Gasteiger partial charge in [-0.05, 0) is 158 Å². The molecule has 5 atom stereocenters. The summed E-state index contributed by atoms with van der Waals surface area (Å²) >= 11 is 0. The minimum atomic E-state index is -0.0915. The van der Waals surface area contributed by atoms with Gasteiger partial charge in [-0.15, -0.1) is 0 Å². The van der Waals surface area contributed by atoms with Crippen LogP contribution in [0.3, 0.4) is 0 Å².